The Kier molecular flexibility index (Phi) is 3.42. The third kappa shape index (κ3) is 2.52. The molecule has 0 aliphatic rings. The summed E-state index contributed by atoms with van der Waals surface area (Å²) in [5.74, 6) is -0.575. The van der Waals surface area contributed by atoms with Gasteiger partial charge in [-0.1, -0.05) is 25.1 Å². The van der Waals surface area contributed by atoms with Crippen molar-refractivity contribution in [2.75, 3.05) is 0 Å². The van der Waals surface area contributed by atoms with Gasteiger partial charge in [-0.3, -0.25) is 4.79 Å². The van der Waals surface area contributed by atoms with Crippen LogP contribution in [0.3, 0.4) is 0 Å². The molecule has 0 atom stereocenters. The van der Waals surface area contributed by atoms with E-state index in [1.807, 2.05) is 0 Å². The second-order valence-corrected chi connectivity index (χ2v) is 3.93. The van der Waals surface area contributed by atoms with Gasteiger partial charge in [-0.15, -0.1) is 0 Å². The zero-order valence-corrected chi connectivity index (χ0v) is 10.1. The molecule has 3 nitrogen and oxygen atoms in total. The summed E-state index contributed by atoms with van der Waals surface area (Å²) in [6.07, 6.45) is -3.66. The smallest absolute Gasteiger partial charge is 0.294 e. The fourth-order valence-electron chi connectivity index (χ4n) is 1.78. The number of hydrogen-bond donors (Lipinski definition) is 0. The van der Waals surface area contributed by atoms with Crippen LogP contribution < -0.4 is 0 Å². The highest BCUT2D eigenvalue weighted by atomic mass is 19.4. The van der Waals surface area contributed by atoms with Gasteiger partial charge >= 0.3 is 6.18 Å². The number of alkyl halides is 3. The third-order valence-electron chi connectivity index (χ3n) is 2.66. The molecule has 2 rings (SSSR count). The predicted octanol–water partition coefficient (Wildman–Crippen LogP) is 3.48. The van der Waals surface area contributed by atoms with Crippen molar-refractivity contribution < 1.29 is 18.0 Å². The number of nitrogens with zero attached hydrogens (tertiary/aromatic N) is 2. The predicted molar refractivity (Wildman–Crippen MR) is 63.2 cm³/mol. The normalized spacial score (nSPS) is 11.6. The molecule has 0 radical (unpaired) electrons. The maximum atomic E-state index is 13.1. The molecule has 0 saturated carbocycles. The molecule has 1 heterocycles. The van der Waals surface area contributed by atoms with Crippen LogP contribution in [-0.4, -0.2) is 15.6 Å². The zero-order chi connectivity index (χ0) is 14.0. The Morgan fingerprint density at radius 1 is 1.26 bits per heavy atom. The average molecular weight is 268 g/mol. The van der Waals surface area contributed by atoms with Crippen molar-refractivity contribution in [1.82, 2.24) is 9.78 Å². The number of ketones is 1. The van der Waals surface area contributed by atoms with E-state index in [-0.39, 0.29) is 17.7 Å². The molecule has 0 unspecified atom stereocenters. The van der Waals surface area contributed by atoms with Crippen LogP contribution in [-0.2, 0) is 6.18 Å². The van der Waals surface area contributed by atoms with E-state index < -0.39 is 17.7 Å². The first-order valence-corrected chi connectivity index (χ1v) is 5.69. The number of halogens is 3. The van der Waals surface area contributed by atoms with Crippen LogP contribution in [0.4, 0.5) is 13.2 Å². The highest BCUT2D eigenvalue weighted by Gasteiger charge is 2.40. The molecule has 0 spiro atoms. The fourth-order valence-corrected chi connectivity index (χ4v) is 1.78. The van der Waals surface area contributed by atoms with Gasteiger partial charge in [0.15, 0.2) is 11.5 Å². The molecular weight excluding hydrogens is 257 g/mol. The van der Waals surface area contributed by atoms with Gasteiger partial charge in [-0.2, -0.15) is 18.3 Å². The van der Waals surface area contributed by atoms with Crippen LogP contribution in [0.25, 0.3) is 5.69 Å². The SMILES string of the molecule is CCC(=O)c1cnn(-c2ccccc2)c1C(F)(F)F. The first-order chi connectivity index (χ1) is 8.95. The molecule has 6 heteroatoms. The van der Waals surface area contributed by atoms with E-state index in [0.29, 0.717) is 0 Å². The molecule has 0 amide bonds. The van der Waals surface area contributed by atoms with Crippen molar-refractivity contribution in [3.63, 3.8) is 0 Å². The lowest BCUT2D eigenvalue weighted by Gasteiger charge is -2.12. The molecule has 1 aromatic heterocycles. The summed E-state index contributed by atoms with van der Waals surface area (Å²) in [4.78, 5) is 11.6. The second-order valence-electron chi connectivity index (χ2n) is 3.93. The average Bonchev–Trinajstić information content (AvgIpc) is 2.83. The van der Waals surface area contributed by atoms with Crippen LogP contribution in [0.2, 0.25) is 0 Å². The Labute approximate surface area is 107 Å². The topological polar surface area (TPSA) is 34.9 Å². The summed E-state index contributed by atoms with van der Waals surface area (Å²) in [6, 6.07) is 7.92. The number of para-hydroxylation sites is 1. The molecule has 19 heavy (non-hydrogen) atoms. The summed E-state index contributed by atoms with van der Waals surface area (Å²) in [5.41, 5.74) is -1.14. The van der Waals surface area contributed by atoms with Gasteiger partial charge in [0.1, 0.15) is 0 Å². The minimum atomic E-state index is -4.63. The van der Waals surface area contributed by atoms with E-state index >= 15 is 0 Å². The third-order valence-corrected chi connectivity index (χ3v) is 2.66. The maximum Gasteiger partial charge on any atom is 0.434 e. The standard InChI is InChI=1S/C13H11F3N2O/c1-2-11(19)10-8-17-18(12(10)13(14,15)16)9-6-4-3-5-7-9/h3-8H,2H2,1H3. The number of hydrogen-bond acceptors (Lipinski definition) is 2. The van der Waals surface area contributed by atoms with Crippen molar-refractivity contribution in [2.24, 2.45) is 0 Å². The quantitative estimate of drug-likeness (QED) is 0.799. The molecule has 0 aliphatic carbocycles. The largest absolute Gasteiger partial charge is 0.434 e. The van der Waals surface area contributed by atoms with Crippen molar-refractivity contribution in [1.29, 1.82) is 0 Å². The van der Waals surface area contributed by atoms with E-state index in [4.69, 9.17) is 0 Å². The van der Waals surface area contributed by atoms with Crippen molar-refractivity contribution in [3.8, 4) is 5.69 Å². The molecule has 0 saturated heterocycles. The van der Waals surface area contributed by atoms with Crippen LogP contribution in [0.5, 0.6) is 0 Å². The molecular formula is C13H11F3N2O. The Morgan fingerprint density at radius 2 is 1.89 bits per heavy atom. The lowest BCUT2D eigenvalue weighted by molar-refractivity contribution is -0.143. The molecule has 0 N–H and O–H groups in total. The van der Waals surface area contributed by atoms with Gasteiger partial charge in [0.25, 0.3) is 0 Å². The minimum Gasteiger partial charge on any atom is -0.294 e. The van der Waals surface area contributed by atoms with E-state index in [0.717, 1.165) is 10.9 Å². The first kappa shape index (κ1) is 13.3. The minimum absolute atomic E-state index is 0.00353. The molecule has 0 fully saturated rings. The number of rotatable bonds is 3. The number of Topliss-reactive ketones (excluding diaryl/α,β-unsaturated/α-hetero) is 1. The van der Waals surface area contributed by atoms with E-state index in [2.05, 4.69) is 5.10 Å². The van der Waals surface area contributed by atoms with Gasteiger partial charge in [-0.25, -0.2) is 4.68 Å². The van der Waals surface area contributed by atoms with Crippen molar-refractivity contribution in [2.45, 2.75) is 19.5 Å². The van der Waals surface area contributed by atoms with E-state index in [1.165, 1.54) is 19.1 Å². The van der Waals surface area contributed by atoms with Gasteiger partial charge in [-0.05, 0) is 12.1 Å². The molecule has 100 valence electrons. The van der Waals surface area contributed by atoms with Gasteiger partial charge in [0, 0.05) is 6.42 Å². The monoisotopic (exact) mass is 268 g/mol. The maximum absolute atomic E-state index is 13.1. The zero-order valence-electron chi connectivity index (χ0n) is 10.1. The first-order valence-electron chi connectivity index (χ1n) is 5.69. The van der Waals surface area contributed by atoms with Crippen LogP contribution in [0.15, 0.2) is 36.5 Å². The van der Waals surface area contributed by atoms with E-state index in [1.54, 1.807) is 18.2 Å². The molecule has 0 aliphatic heterocycles. The fraction of sp³-hybridized carbons (Fsp3) is 0.231. The summed E-state index contributed by atoms with van der Waals surface area (Å²) in [5, 5.41) is 3.70. The summed E-state index contributed by atoms with van der Waals surface area (Å²) in [7, 11) is 0. The Morgan fingerprint density at radius 3 is 2.42 bits per heavy atom. The molecule has 2 aromatic rings. The summed E-state index contributed by atoms with van der Waals surface area (Å²) >= 11 is 0. The second kappa shape index (κ2) is 4.87. The highest BCUT2D eigenvalue weighted by Crippen LogP contribution is 2.34. The Bertz CT molecular complexity index is 588. The summed E-state index contributed by atoms with van der Waals surface area (Å²) < 4.78 is 40.1. The lowest BCUT2D eigenvalue weighted by Crippen LogP contribution is -2.17. The Balaban J connectivity index is 2.64. The van der Waals surface area contributed by atoms with Gasteiger partial charge in [0.2, 0.25) is 0 Å². The lowest BCUT2D eigenvalue weighted by atomic mass is 10.1. The molecule has 0 bridgehead atoms. The van der Waals surface area contributed by atoms with Crippen LogP contribution in [0, 0.1) is 0 Å². The van der Waals surface area contributed by atoms with Gasteiger partial charge in [0.05, 0.1) is 17.4 Å². The van der Waals surface area contributed by atoms with Crippen LogP contribution >= 0.6 is 0 Å². The summed E-state index contributed by atoms with van der Waals surface area (Å²) in [6.45, 7) is 1.52. The van der Waals surface area contributed by atoms with Crippen molar-refractivity contribution in [3.05, 3.63) is 47.8 Å². The van der Waals surface area contributed by atoms with Gasteiger partial charge < -0.3 is 0 Å². The highest BCUT2D eigenvalue weighted by molar-refractivity contribution is 5.97. The number of carbonyl (C=O) groups is 1. The van der Waals surface area contributed by atoms with E-state index in [9.17, 15) is 18.0 Å². The number of aromatic nitrogens is 2. The number of benzene rings is 1. The molecule has 1 aromatic carbocycles. The number of carbonyl (C=O) groups excluding carboxylic acids is 1. The van der Waals surface area contributed by atoms with Crippen molar-refractivity contribution >= 4 is 5.78 Å². The van der Waals surface area contributed by atoms with Crippen LogP contribution in [0.1, 0.15) is 29.4 Å². The Hall–Kier alpha value is -2.11.